The van der Waals surface area contributed by atoms with Gasteiger partial charge in [0, 0.05) is 45.2 Å². The molecule has 0 saturated carbocycles. The maximum Gasteiger partial charge on any atom is 0.243 e. The zero-order chi connectivity index (χ0) is 24.3. The van der Waals surface area contributed by atoms with Crippen molar-refractivity contribution < 1.29 is 18.0 Å². The van der Waals surface area contributed by atoms with Gasteiger partial charge in [-0.2, -0.15) is 4.31 Å². The highest BCUT2D eigenvalue weighted by molar-refractivity contribution is 7.89. The fourth-order valence-electron chi connectivity index (χ4n) is 4.44. The molecule has 1 N–H and O–H groups in total. The minimum Gasteiger partial charge on any atom is -0.342 e. The topological polar surface area (TPSA) is 86.8 Å². The van der Waals surface area contributed by atoms with Gasteiger partial charge in [-0.15, -0.1) is 0 Å². The SMILES string of the molecule is CC(=O)N(C)Cc1ccccc1NC(=O)C1CCN(S(=O)(=O)c2c(C)cc(C)cc2C)CC1. The summed E-state index contributed by atoms with van der Waals surface area (Å²) in [6.07, 6.45) is 0.926. The lowest BCUT2D eigenvalue weighted by molar-refractivity contribution is -0.128. The monoisotopic (exact) mass is 471 g/mol. The molecule has 1 fully saturated rings. The predicted octanol–water partition coefficient (Wildman–Crippen LogP) is 3.63. The number of piperidine rings is 1. The van der Waals surface area contributed by atoms with E-state index in [1.54, 1.807) is 11.9 Å². The van der Waals surface area contributed by atoms with E-state index in [4.69, 9.17) is 0 Å². The zero-order valence-corrected chi connectivity index (χ0v) is 20.8. The molecule has 1 saturated heterocycles. The van der Waals surface area contributed by atoms with E-state index >= 15 is 0 Å². The van der Waals surface area contributed by atoms with Crippen LogP contribution in [0.15, 0.2) is 41.3 Å². The standard InChI is InChI=1S/C25H33N3O4S/c1-17-14-18(2)24(19(3)15-17)33(31,32)28-12-10-21(11-13-28)25(30)26-23-9-7-6-8-22(23)16-27(5)20(4)29/h6-9,14-15,21H,10-13,16H2,1-5H3,(H,26,30). The van der Waals surface area contributed by atoms with E-state index in [0.29, 0.717) is 43.1 Å². The molecule has 0 aromatic heterocycles. The molecule has 33 heavy (non-hydrogen) atoms. The van der Waals surface area contributed by atoms with Gasteiger partial charge in [-0.1, -0.05) is 35.9 Å². The Labute approximate surface area is 196 Å². The van der Waals surface area contributed by atoms with Gasteiger partial charge in [-0.05, 0) is 56.4 Å². The molecule has 3 rings (SSSR count). The first kappa shape index (κ1) is 24.9. The highest BCUT2D eigenvalue weighted by Gasteiger charge is 2.33. The maximum atomic E-state index is 13.3. The van der Waals surface area contributed by atoms with Gasteiger partial charge in [0.15, 0.2) is 0 Å². The number of aryl methyl sites for hydroxylation is 3. The van der Waals surface area contributed by atoms with Gasteiger partial charge in [0.25, 0.3) is 0 Å². The maximum absolute atomic E-state index is 13.3. The van der Waals surface area contributed by atoms with Crippen molar-refractivity contribution >= 4 is 27.5 Å². The Morgan fingerprint density at radius 2 is 1.64 bits per heavy atom. The molecule has 1 aliphatic rings. The van der Waals surface area contributed by atoms with Crippen molar-refractivity contribution in [2.24, 2.45) is 5.92 Å². The number of hydrogen-bond donors (Lipinski definition) is 1. The van der Waals surface area contributed by atoms with Gasteiger partial charge < -0.3 is 10.2 Å². The smallest absolute Gasteiger partial charge is 0.243 e. The molecule has 0 bridgehead atoms. The molecule has 2 amide bonds. The predicted molar refractivity (Wildman–Crippen MR) is 129 cm³/mol. The van der Waals surface area contributed by atoms with Gasteiger partial charge in [-0.25, -0.2) is 8.42 Å². The summed E-state index contributed by atoms with van der Waals surface area (Å²) in [4.78, 5) is 26.5. The van der Waals surface area contributed by atoms with Gasteiger partial charge in [-0.3, -0.25) is 9.59 Å². The normalized spacial score (nSPS) is 15.3. The van der Waals surface area contributed by atoms with Crippen LogP contribution in [0, 0.1) is 26.7 Å². The molecule has 1 heterocycles. The average Bonchev–Trinajstić information content (AvgIpc) is 2.74. The van der Waals surface area contributed by atoms with Crippen molar-refractivity contribution in [3.8, 4) is 0 Å². The van der Waals surface area contributed by atoms with Gasteiger partial charge in [0.1, 0.15) is 0 Å². The van der Waals surface area contributed by atoms with E-state index in [0.717, 1.165) is 22.3 Å². The van der Waals surface area contributed by atoms with Gasteiger partial charge >= 0.3 is 0 Å². The zero-order valence-electron chi connectivity index (χ0n) is 20.0. The molecular weight excluding hydrogens is 438 g/mol. The molecule has 8 heteroatoms. The van der Waals surface area contributed by atoms with Crippen LogP contribution in [0.4, 0.5) is 5.69 Å². The summed E-state index contributed by atoms with van der Waals surface area (Å²) in [6, 6.07) is 11.2. The third-order valence-electron chi connectivity index (χ3n) is 6.25. The van der Waals surface area contributed by atoms with Crippen LogP contribution < -0.4 is 5.32 Å². The fraction of sp³-hybridized carbons (Fsp3) is 0.440. The lowest BCUT2D eigenvalue weighted by Gasteiger charge is -2.31. The Kier molecular flexibility index (Phi) is 7.59. The number of rotatable bonds is 6. The summed E-state index contributed by atoms with van der Waals surface area (Å²) in [6.45, 7) is 8.13. The molecule has 0 aliphatic carbocycles. The summed E-state index contributed by atoms with van der Waals surface area (Å²) >= 11 is 0. The number of hydrogen-bond acceptors (Lipinski definition) is 4. The Bertz CT molecular complexity index is 1130. The molecule has 7 nitrogen and oxygen atoms in total. The third-order valence-corrected chi connectivity index (χ3v) is 8.45. The number of carbonyl (C=O) groups is 2. The van der Waals surface area contributed by atoms with Crippen molar-refractivity contribution in [2.45, 2.75) is 52.0 Å². The van der Waals surface area contributed by atoms with Gasteiger partial charge in [0.05, 0.1) is 4.90 Å². The van der Waals surface area contributed by atoms with E-state index in [9.17, 15) is 18.0 Å². The third kappa shape index (κ3) is 5.62. The number of amides is 2. The minimum atomic E-state index is -3.61. The lowest BCUT2D eigenvalue weighted by atomic mass is 9.97. The van der Waals surface area contributed by atoms with Crippen molar-refractivity contribution in [1.29, 1.82) is 0 Å². The Morgan fingerprint density at radius 3 is 2.21 bits per heavy atom. The van der Waals surface area contributed by atoms with Crippen molar-refractivity contribution in [3.63, 3.8) is 0 Å². The van der Waals surface area contributed by atoms with Crippen LogP contribution in [-0.4, -0.2) is 49.6 Å². The Balaban J connectivity index is 1.67. The van der Waals surface area contributed by atoms with Crippen LogP contribution in [0.2, 0.25) is 0 Å². The second-order valence-corrected chi connectivity index (χ2v) is 10.8. The van der Waals surface area contributed by atoms with Crippen molar-refractivity contribution in [3.05, 3.63) is 58.7 Å². The highest BCUT2D eigenvalue weighted by Crippen LogP contribution is 2.29. The number of benzene rings is 2. The largest absolute Gasteiger partial charge is 0.342 e. The summed E-state index contributed by atoms with van der Waals surface area (Å²) in [5.74, 6) is -0.438. The summed E-state index contributed by atoms with van der Waals surface area (Å²) in [5.41, 5.74) is 4.07. The van der Waals surface area contributed by atoms with Crippen LogP contribution in [0.5, 0.6) is 0 Å². The highest BCUT2D eigenvalue weighted by atomic mass is 32.2. The van der Waals surface area contributed by atoms with E-state index in [2.05, 4.69) is 5.32 Å². The molecule has 2 aromatic carbocycles. The van der Waals surface area contributed by atoms with Crippen LogP contribution in [0.3, 0.4) is 0 Å². The number of nitrogens with one attached hydrogen (secondary N) is 1. The van der Waals surface area contributed by atoms with Crippen LogP contribution >= 0.6 is 0 Å². The summed E-state index contributed by atoms with van der Waals surface area (Å²) in [7, 11) is -1.90. The number of carbonyl (C=O) groups excluding carboxylic acids is 2. The lowest BCUT2D eigenvalue weighted by Crippen LogP contribution is -2.41. The van der Waals surface area contributed by atoms with Crippen molar-refractivity contribution in [2.75, 3.05) is 25.5 Å². The van der Waals surface area contributed by atoms with Gasteiger partial charge in [0.2, 0.25) is 21.8 Å². The Hall–Kier alpha value is -2.71. The number of sulfonamides is 1. The quantitative estimate of drug-likeness (QED) is 0.697. The molecule has 1 aliphatic heterocycles. The van der Waals surface area contributed by atoms with Crippen molar-refractivity contribution in [1.82, 2.24) is 9.21 Å². The number of nitrogens with zero attached hydrogens (tertiary/aromatic N) is 2. The number of para-hydroxylation sites is 1. The average molecular weight is 472 g/mol. The van der Waals surface area contributed by atoms with Crippen LogP contribution in [-0.2, 0) is 26.2 Å². The number of anilines is 1. The van der Waals surface area contributed by atoms with Crippen LogP contribution in [0.25, 0.3) is 0 Å². The second kappa shape index (κ2) is 10.1. The molecule has 178 valence electrons. The second-order valence-electron chi connectivity index (χ2n) is 8.93. The Morgan fingerprint density at radius 1 is 1.06 bits per heavy atom. The molecule has 0 atom stereocenters. The van der Waals surface area contributed by atoms with E-state index in [-0.39, 0.29) is 17.7 Å². The molecule has 2 aromatic rings. The first-order valence-corrected chi connectivity index (χ1v) is 12.6. The molecule has 0 radical (unpaired) electrons. The summed E-state index contributed by atoms with van der Waals surface area (Å²) < 4.78 is 28.1. The molecule has 0 unspecified atom stereocenters. The molecule has 0 spiro atoms. The first-order valence-electron chi connectivity index (χ1n) is 11.2. The first-order chi connectivity index (χ1) is 15.5. The molecular formula is C25H33N3O4S. The van der Waals surface area contributed by atoms with E-state index in [1.807, 2.05) is 57.2 Å². The minimum absolute atomic E-state index is 0.0521. The fourth-order valence-corrected chi connectivity index (χ4v) is 6.32. The van der Waals surface area contributed by atoms with E-state index < -0.39 is 10.0 Å². The van der Waals surface area contributed by atoms with Crippen LogP contribution in [0.1, 0.15) is 42.0 Å². The summed E-state index contributed by atoms with van der Waals surface area (Å²) in [5, 5.41) is 2.99. The van der Waals surface area contributed by atoms with E-state index in [1.165, 1.54) is 11.2 Å².